The Kier molecular flexibility index (Phi) is 7.52. The Balaban J connectivity index is 1.40. The molecule has 1 saturated heterocycles. The Morgan fingerprint density at radius 1 is 1.05 bits per heavy atom. The number of sulfonamides is 1. The lowest BCUT2D eigenvalue weighted by atomic mass is 9.89. The first-order valence-electron chi connectivity index (χ1n) is 12.2. The number of aliphatic imine (C=N–C) groups is 1. The highest BCUT2D eigenvalue weighted by Gasteiger charge is 2.47. The summed E-state index contributed by atoms with van der Waals surface area (Å²) in [7, 11) is -3.54. The van der Waals surface area contributed by atoms with Gasteiger partial charge in [-0.2, -0.15) is 0 Å². The summed E-state index contributed by atoms with van der Waals surface area (Å²) >= 11 is 0. The molecule has 0 aromatic heterocycles. The maximum absolute atomic E-state index is 13.1. The highest BCUT2D eigenvalue weighted by Crippen LogP contribution is 2.32. The third kappa shape index (κ3) is 5.67. The maximum Gasteiger partial charge on any atom is 0.253 e. The molecule has 2 heterocycles. The normalized spacial score (nSPS) is 17.8. The molecule has 2 aliphatic rings. The van der Waals surface area contributed by atoms with E-state index >= 15 is 0 Å². The van der Waals surface area contributed by atoms with Crippen molar-refractivity contribution in [2.45, 2.75) is 36.6 Å². The molecule has 0 radical (unpaired) electrons. The number of sulfone groups is 1. The predicted octanol–water partition coefficient (Wildman–Crippen LogP) is 1.38. The Morgan fingerprint density at radius 2 is 1.68 bits per heavy atom. The lowest BCUT2D eigenvalue weighted by Gasteiger charge is -2.34. The molecule has 0 saturated carbocycles. The van der Waals surface area contributed by atoms with Gasteiger partial charge in [-0.05, 0) is 73.7 Å². The number of amides is 2. The Morgan fingerprint density at radius 3 is 2.24 bits per heavy atom. The average molecular weight is 561 g/mol. The van der Waals surface area contributed by atoms with Crippen LogP contribution in [0.4, 0.5) is 0 Å². The van der Waals surface area contributed by atoms with Gasteiger partial charge in [0, 0.05) is 44.6 Å². The third-order valence-corrected chi connectivity index (χ3v) is 10.1. The molecule has 1 fully saturated rings. The van der Waals surface area contributed by atoms with Gasteiger partial charge in [0.05, 0.1) is 10.6 Å². The number of rotatable bonds is 7. The lowest BCUT2D eigenvalue weighted by Crippen LogP contribution is -2.50. The molecule has 1 N–H and O–H groups in total. The largest absolute Gasteiger partial charge is 0.345 e. The van der Waals surface area contributed by atoms with E-state index in [0.717, 1.165) is 17.4 Å². The molecule has 38 heavy (non-hydrogen) atoms. The van der Waals surface area contributed by atoms with E-state index in [9.17, 15) is 26.4 Å². The van der Waals surface area contributed by atoms with Gasteiger partial charge in [-0.3, -0.25) is 14.6 Å². The predicted molar refractivity (Wildman–Crippen MR) is 144 cm³/mol. The number of aryl methyl sites for hydroxylation is 2. The fourth-order valence-electron chi connectivity index (χ4n) is 4.72. The van der Waals surface area contributed by atoms with E-state index in [4.69, 9.17) is 0 Å². The molecule has 10 nitrogen and oxygen atoms in total. The van der Waals surface area contributed by atoms with Crippen molar-refractivity contribution in [3.05, 3.63) is 64.7 Å². The van der Waals surface area contributed by atoms with Crippen LogP contribution >= 0.6 is 0 Å². The molecule has 0 atom stereocenters. The van der Waals surface area contributed by atoms with Crippen LogP contribution in [0.2, 0.25) is 0 Å². The summed E-state index contributed by atoms with van der Waals surface area (Å²) in [5.41, 5.74) is 1.83. The second kappa shape index (κ2) is 10.2. The van der Waals surface area contributed by atoms with Gasteiger partial charge >= 0.3 is 0 Å². The summed E-state index contributed by atoms with van der Waals surface area (Å²) in [4.78, 5) is 31.3. The first kappa shape index (κ1) is 27.9. The molecule has 2 aromatic rings. The molecule has 0 aliphatic carbocycles. The van der Waals surface area contributed by atoms with Gasteiger partial charge in [-0.1, -0.05) is 6.07 Å². The van der Waals surface area contributed by atoms with Crippen LogP contribution in [-0.4, -0.2) is 88.4 Å². The molecule has 2 aliphatic heterocycles. The first-order valence-corrected chi connectivity index (χ1v) is 15.7. The number of nitrogens with one attached hydrogen (secondary N) is 1. The van der Waals surface area contributed by atoms with Crippen molar-refractivity contribution in [2.24, 2.45) is 4.99 Å². The zero-order chi connectivity index (χ0) is 27.9. The van der Waals surface area contributed by atoms with E-state index < -0.39 is 25.4 Å². The summed E-state index contributed by atoms with van der Waals surface area (Å²) in [6, 6.07) is 11.4. The number of hydrogen-bond acceptors (Lipinski definition) is 7. The van der Waals surface area contributed by atoms with Gasteiger partial charge in [-0.25, -0.2) is 21.1 Å². The van der Waals surface area contributed by atoms with Gasteiger partial charge in [0.15, 0.2) is 9.84 Å². The Hall–Kier alpha value is -3.09. The molecular formula is C26H32N4O6S2. The number of carbonyl (C=O) groups is 2. The number of carbonyl (C=O) groups excluding carboxylic acids is 2. The van der Waals surface area contributed by atoms with Crippen LogP contribution in [0.3, 0.4) is 0 Å². The van der Waals surface area contributed by atoms with Crippen molar-refractivity contribution in [1.82, 2.24) is 14.5 Å². The van der Waals surface area contributed by atoms with E-state index in [0.29, 0.717) is 23.4 Å². The van der Waals surface area contributed by atoms with Crippen LogP contribution in [0.1, 0.15) is 39.9 Å². The van der Waals surface area contributed by atoms with Gasteiger partial charge in [0.1, 0.15) is 11.4 Å². The molecule has 204 valence electrons. The Bertz CT molecular complexity index is 1510. The smallest absolute Gasteiger partial charge is 0.253 e. The zero-order valence-corrected chi connectivity index (χ0v) is 23.5. The van der Waals surface area contributed by atoms with Crippen LogP contribution in [-0.2, 0) is 31.1 Å². The van der Waals surface area contributed by atoms with Crippen molar-refractivity contribution in [3.63, 3.8) is 0 Å². The minimum atomic E-state index is -3.57. The van der Waals surface area contributed by atoms with Crippen LogP contribution in [0.25, 0.3) is 0 Å². The molecule has 4 rings (SSSR count). The topological polar surface area (TPSA) is 133 Å². The molecule has 1 spiro atoms. The first-order chi connectivity index (χ1) is 17.7. The van der Waals surface area contributed by atoms with E-state index in [1.807, 2.05) is 6.92 Å². The zero-order valence-electron chi connectivity index (χ0n) is 21.9. The second-order valence-corrected chi connectivity index (χ2v) is 14.2. The summed E-state index contributed by atoms with van der Waals surface area (Å²) in [6.07, 6.45) is 1.95. The van der Waals surface area contributed by atoms with E-state index in [1.165, 1.54) is 21.3 Å². The highest BCUT2D eigenvalue weighted by molar-refractivity contribution is 7.90. The minimum Gasteiger partial charge on any atom is -0.345 e. The van der Waals surface area contributed by atoms with Crippen molar-refractivity contribution >= 4 is 37.5 Å². The molecule has 0 unspecified atom stereocenters. The monoisotopic (exact) mass is 560 g/mol. The summed E-state index contributed by atoms with van der Waals surface area (Å²) in [5.74, 6) is -0.102. The standard InChI is InChI=1S/C26H32N4O6S2/c1-18-17-21(24(31)29(2)3)6-5-19(18)11-16-38(35,36)30-14-12-26(13-15-30)25(32)27-23(28-26)20-7-9-22(10-8-20)37(4,33)34/h5-10,17H,11-16H2,1-4H3,(H,27,28,32). The third-order valence-electron chi connectivity index (χ3n) is 7.10. The van der Waals surface area contributed by atoms with Gasteiger partial charge in [-0.15, -0.1) is 0 Å². The fourth-order valence-corrected chi connectivity index (χ4v) is 6.83. The second-order valence-electron chi connectivity index (χ2n) is 10.0. The Labute approximate surface area is 223 Å². The van der Waals surface area contributed by atoms with Crippen molar-refractivity contribution < 1.29 is 26.4 Å². The average Bonchev–Trinajstić information content (AvgIpc) is 3.17. The SMILES string of the molecule is Cc1cc(C(=O)N(C)C)ccc1CCS(=O)(=O)N1CCC2(CC1)N=C(c1ccc(S(C)(=O)=O)cc1)NC2=O. The highest BCUT2D eigenvalue weighted by atomic mass is 32.2. The number of piperidine rings is 1. The number of benzene rings is 2. The van der Waals surface area contributed by atoms with Gasteiger partial charge in [0.25, 0.3) is 11.8 Å². The molecule has 2 amide bonds. The summed E-state index contributed by atoms with van der Waals surface area (Å²) in [5, 5.41) is 2.78. The van der Waals surface area contributed by atoms with Crippen LogP contribution < -0.4 is 5.32 Å². The maximum atomic E-state index is 13.1. The molecule has 12 heteroatoms. The summed E-state index contributed by atoms with van der Waals surface area (Å²) in [6.45, 7) is 2.21. The van der Waals surface area contributed by atoms with Crippen molar-refractivity contribution in [3.8, 4) is 0 Å². The number of amidine groups is 1. The number of hydrogen-bond donors (Lipinski definition) is 1. The van der Waals surface area contributed by atoms with Crippen molar-refractivity contribution in [1.29, 1.82) is 0 Å². The van der Waals surface area contributed by atoms with Crippen LogP contribution in [0.5, 0.6) is 0 Å². The lowest BCUT2D eigenvalue weighted by molar-refractivity contribution is -0.124. The minimum absolute atomic E-state index is 0.0742. The molecule has 2 aromatic carbocycles. The van der Waals surface area contributed by atoms with Gasteiger partial charge < -0.3 is 10.2 Å². The van der Waals surface area contributed by atoms with Crippen LogP contribution in [0.15, 0.2) is 52.4 Å². The quantitative estimate of drug-likeness (QED) is 0.544. The molecular weight excluding hydrogens is 528 g/mol. The van der Waals surface area contributed by atoms with Gasteiger partial charge in [0.2, 0.25) is 10.0 Å². The van der Waals surface area contributed by atoms with E-state index in [-0.39, 0.29) is 48.4 Å². The number of nitrogens with zero attached hydrogens (tertiary/aromatic N) is 3. The summed E-state index contributed by atoms with van der Waals surface area (Å²) < 4.78 is 51.0. The molecule has 0 bridgehead atoms. The fraction of sp³-hybridized carbons (Fsp3) is 0.423. The van der Waals surface area contributed by atoms with E-state index in [2.05, 4.69) is 10.3 Å². The van der Waals surface area contributed by atoms with Crippen LogP contribution in [0, 0.1) is 6.92 Å². The van der Waals surface area contributed by atoms with E-state index in [1.54, 1.807) is 44.4 Å². The van der Waals surface area contributed by atoms with Crippen molar-refractivity contribution in [2.75, 3.05) is 39.2 Å².